The van der Waals surface area contributed by atoms with Crippen LogP contribution in [0.1, 0.15) is 11.1 Å². The molecule has 150 valence electrons. The van der Waals surface area contributed by atoms with Crippen LogP contribution in [0, 0.1) is 0 Å². The number of alkyl halides is 3. The molecule has 0 bridgehead atoms. The van der Waals surface area contributed by atoms with Gasteiger partial charge in [0.25, 0.3) is 0 Å². The number of nitrogens with zero attached hydrogens (tertiary/aromatic N) is 1. The second-order valence-corrected chi connectivity index (χ2v) is 6.16. The predicted molar refractivity (Wildman–Crippen MR) is 104 cm³/mol. The van der Waals surface area contributed by atoms with E-state index < -0.39 is 17.6 Å². The minimum atomic E-state index is -4.43. The van der Waals surface area contributed by atoms with E-state index in [0.717, 1.165) is 17.7 Å². The molecule has 0 fully saturated rings. The van der Waals surface area contributed by atoms with Gasteiger partial charge in [-0.2, -0.15) is 13.2 Å². The Labute approximate surface area is 165 Å². The molecule has 0 aliphatic carbocycles. The SMILES string of the molecule is O=C(CNc1cccc(C(F)(F)F)c1)Nc1cccc(OCc2cccnc2)c1. The van der Waals surface area contributed by atoms with Gasteiger partial charge in [0.1, 0.15) is 12.4 Å². The maximum absolute atomic E-state index is 12.7. The summed E-state index contributed by atoms with van der Waals surface area (Å²) in [5.41, 5.74) is 0.863. The normalized spacial score (nSPS) is 11.0. The monoisotopic (exact) mass is 401 g/mol. The molecule has 3 rings (SSSR count). The number of anilines is 2. The number of hydrogen-bond acceptors (Lipinski definition) is 4. The number of amides is 1. The molecule has 1 amide bonds. The summed E-state index contributed by atoms with van der Waals surface area (Å²) in [5, 5.41) is 5.37. The van der Waals surface area contributed by atoms with E-state index >= 15 is 0 Å². The first-order valence-corrected chi connectivity index (χ1v) is 8.73. The third-order valence-electron chi connectivity index (χ3n) is 3.89. The molecule has 0 atom stereocenters. The van der Waals surface area contributed by atoms with Crippen molar-refractivity contribution in [2.24, 2.45) is 0 Å². The lowest BCUT2D eigenvalue weighted by Gasteiger charge is -2.12. The second-order valence-electron chi connectivity index (χ2n) is 6.16. The third-order valence-corrected chi connectivity index (χ3v) is 3.89. The molecule has 1 heterocycles. The van der Waals surface area contributed by atoms with Gasteiger partial charge in [0.05, 0.1) is 12.1 Å². The molecular formula is C21H18F3N3O2. The van der Waals surface area contributed by atoms with Crippen LogP contribution in [0.3, 0.4) is 0 Å². The van der Waals surface area contributed by atoms with Crippen molar-refractivity contribution in [3.05, 3.63) is 84.2 Å². The molecule has 0 radical (unpaired) electrons. The van der Waals surface area contributed by atoms with E-state index in [0.29, 0.717) is 18.0 Å². The molecule has 3 aromatic rings. The number of pyridine rings is 1. The highest BCUT2D eigenvalue weighted by atomic mass is 19.4. The molecule has 5 nitrogen and oxygen atoms in total. The van der Waals surface area contributed by atoms with Gasteiger partial charge in [0.2, 0.25) is 5.91 Å². The van der Waals surface area contributed by atoms with E-state index in [1.54, 1.807) is 36.7 Å². The van der Waals surface area contributed by atoms with Gasteiger partial charge in [0, 0.05) is 35.4 Å². The van der Waals surface area contributed by atoms with Crippen molar-refractivity contribution in [3.63, 3.8) is 0 Å². The molecule has 0 unspecified atom stereocenters. The third kappa shape index (κ3) is 6.24. The summed E-state index contributed by atoms with van der Waals surface area (Å²) in [5.74, 6) is 0.171. The Morgan fingerprint density at radius 2 is 1.79 bits per heavy atom. The van der Waals surface area contributed by atoms with Gasteiger partial charge in [-0.15, -0.1) is 0 Å². The largest absolute Gasteiger partial charge is 0.489 e. The van der Waals surface area contributed by atoms with Gasteiger partial charge in [-0.1, -0.05) is 18.2 Å². The van der Waals surface area contributed by atoms with Crippen molar-refractivity contribution in [1.82, 2.24) is 4.98 Å². The number of benzene rings is 2. The Morgan fingerprint density at radius 3 is 2.55 bits per heavy atom. The number of ether oxygens (including phenoxy) is 1. The van der Waals surface area contributed by atoms with Crippen LogP contribution in [0.25, 0.3) is 0 Å². The predicted octanol–water partition coefficient (Wildman–Crippen LogP) is 4.73. The Balaban J connectivity index is 1.53. The van der Waals surface area contributed by atoms with E-state index in [9.17, 15) is 18.0 Å². The zero-order valence-electron chi connectivity index (χ0n) is 15.2. The molecule has 8 heteroatoms. The Morgan fingerprint density at radius 1 is 1.00 bits per heavy atom. The van der Waals surface area contributed by atoms with Crippen LogP contribution in [-0.4, -0.2) is 17.4 Å². The van der Waals surface area contributed by atoms with E-state index in [1.165, 1.54) is 12.1 Å². The molecule has 0 saturated carbocycles. The first-order chi connectivity index (χ1) is 13.9. The first kappa shape index (κ1) is 20.2. The van der Waals surface area contributed by atoms with Crippen LogP contribution in [0.4, 0.5) is 24.5 Å². The molecule has 2 aromatic carbocycles. The molecule has 0 spiro atoms. The van der Waals surface area contributed by atoms with E-state index in [1.807, 2.05) is 12.1 Å². The summed E-state index contributed by atoms with van der Waals surface area (Å²) in [7, 11) is 0. The average molecular weight is 401 g/mol. The van der Waals surface area contributed by atoms with E-state index in [2.05, 4.69) is 15.6 Å². The van der Waals surface area contributed by atoms with Crippen molar-refractivity contribution in [3.8, 4) is 5.75 Å². The fourth-order valence-corrected chi connectivity index (χ4v) is 2.51. The average Bonchev–Trinajstić information content (AvgIpc) is 2.71. The van der Waals surface area contributed by atoms with E-state index in [-0.39, 0.29) is 12.2 Å². The maximum atomic E-state index is 12.7. The molecular weight excluding hydrogens is 383 g/mol. The van der Waals surface area contributed by atoms with Gasteiger partial charge in [-0.25, -0.2) is 0 Å². The fourth-order valence-electron chi connectivity index (χ4n) is 2.51. The van der Waals surface area contributed by atoms with Gasteiger partial charge in [0.15, 0.2) is 0 Å². The van der Waals surface area contributed by atoms with Crippen molar-refractivity contribution >= 4 is 17.3 Å². The summed E-state index contributed by atoms with van der Waals surface area (Å²) >= 11 is 0. The minimum Gasteiger partial charge on any atom is -0.489 e. The fraction of sp³-hybridized carbons (Fsp3) is 0.143. The van der Waals surface area contributed by atoms with Gasteiger partial charge < -0.3 is 15.4 Å². The quantitative estimate of drug-likeness (QED) is 0.601. The topological polar surface area (TPSA) is 63.2 Å². The summed E-state index contributed by atoms with van der Waals surface area (Å²) in [6.07, 6.45) is -1.06. The number of hydrogen-bond donors (Lipinski definition) is 2. The Kier molecular flexibility index (Phi) is 6.33. The summed E-state index contributed by atoms with van der Waals surface area (Å²) in [6, 6.07) is 15.2. The highest BCUT2D eigenvalue weighted by molar-refractivity contribution is 5.93. The van der Waals surface area contributed by atoms with Crippen molar-refractivity contribution in [2.75, 3.05) is 17.2 Å². The summed E-state index contributed by atoms with van der Waals surface area (Å²) in [6.45, 7) is 0.157. The van der Waals surface area contributed by atoms with E-state index in [4.69, 9.17) is 4.74 Å². The van der Waals surface area contributed by atoms with Crippen molar-refractivity contribution in [1.29, 1.82) is 0 Å². The zero-order valence-corrected chi connectivity index (χ0v) is 15.2. The lowest BCUT2D eigenvalue weighted by Crippen LogP contribution is -2.22. The molecule has 2 N–H and O–H groups in total. The maximum Gasteiger partial charge on any atom is 0.416 e. The van der Waals surface area contributed by atoms with Crippen molar-refractivity contribution in [2.45, 2.75) is 12.8 Å². The molecule has 1 aromatic heterocycles. The van der Waals surface area contributed by atoms with Gasteiger partial charge in [-0.05, 0) is 36.4 Å². The second kappa shape index (κ2) is 9.09. The molecule has 0 saturated heterocycles. The minimum absolute atomic E-state index is 0.178. The number of halogens is 3. The van der Waals surface area contributed by atoms with Crippen LogP contribution in [-0.2, 0) is 17.6 Å². The Hall–Kier alpha value is -3.55. The standard InChI is InChI=1S/C21H18F3N3O2/c22-21(23,24)16-5-1-6-17(10-16)26-13-20(28)27-18-7-2-8-19(11-18)29-14-15-4-3-9-25-12-15/h1-12,26H,13-14H2,(H,27,28). The number of rotatable bonds is 7. The smallest absolute Gasteiger partial charge is 0.416 e. The molecule has 29 heavy (non-hydrogen) atoms. The Bertz CT molecular complexity index is 963. The van der Waals surface area contributed by atoms with Crippen molar-refractivity contribution < 1.29 is 22.7 Å². The van der Waals surface area contributed by atoms with Crippen LogP contribution in [0.5, 0.6) is 5.75 Å². The number of carbonyl (C=O) groups excluding carboxylic acids is 1. The molecule has 0 aliphatic heterocycles. The summed E-state index contributed by atoms with van der Waals surface area (Å²) < 4.78 is 43.9. The first-order valence-electron chi connectivity index (χ1n) is 8.73. The van der Waals surface area contributed by atoms with Crippen LogP contribution < -0.4 is 15.4 Å². The van der Waals surface area contributed by atoms with Crippen LogP contribution >= 0.6 is 0 Å². The number of carbonyl (C=O) groups is 1. The summed E-state index contributed by atoms with van der Waals surface area (Å²) in [4.78, 5) is 16.1. The van der Waals surface area contributed by atoms with Crippen LogP contribution in [0.2, 0.25) is 0 Å². The molecule has 0 aliphatic rings. The van der Waals surface area contributed by atoms with Gasteiger partial charge in [-0.3, -0.25) is 9.78 Å². The lowest BCUT2D eigenvalue weighted by molar-refractivity contribution is -0.137. The van der Waals surface area contributed by atoms with Crippen LogP contribution in [0.15, 0.2) is 73.1 Å². The highest BCUT2D eigenvalue weighted by Crippen LogP contribution is 2.30. The number of aromatic nitrogens is 1. The number of nitrogens with one attached hydrogen (secondary N) is 2. The lowest BCUT2D eigenvalue weighted by atomic mass is 10.2. The highest BCUT2D eigenvalue weighted by Gasteiger charge is 2.30. The zero-order chi connectivity index (χ0) is 20.7. The van der Waals surface area contributed by atoms with Gasteiger partial charge >= 0.3 is 6.18 Å².